The number of hydrogen-bond acceptors (Lipinski definition) is 6. The number of esters is 1. The van der Waals surface area contributed by atoms with Crippen molar-refractivity contribution in [1.82, 2.24) is 0 Å². The van der Waals surface area contributed by atoms with Crippen LogP contribution in [-0.4, -0.2) is 24.2 Å². The Morgan fingerprint density at radius 3 is 2.54 bits per heavy atom. The maximum atomic E-state index is 12.3. The molecule has 3 aromatic rings. The van der Waals surface area contributed by atoms with Crippen molar-refractivity contribution in [3.8, 4) is 0 Å². The molecular formula is C19H13F2NO5S. The van der Waals surface area contributed by atoms with E-state index >= 15 is 0 Å². The lowest BCUT2D eigenvalue weighted by Gasteiger charge is -2.07. The van der Waals surface area contributed by atoms with E-state index in [1.807, 2.05) is 0 Å². The SMILES string of the molecule is O=C(COC(=O)c1cc(=O)c2ccccc2o1)Nc1ccc(SC(F)F)cc1. The fourth-order valence-electron chi connectivity index (χ4n) is 2.32. The van der Waals surface area contributed by atoms with Gasteiger partial charge in [-0.05, 0) is 36.4 Å². The fraction of sp³-hybridized carbons (Fsp3) is 0.105. The van der Waals surface area contributed by atoms with Crippen LogP contribution in [0, 0.1) is 0 Å². The maximum Gasteiger partial charge on any atom is 0.374 e. The summed E-state index contributed by atoms with van der Waals surface area (Å²) in [7, 11) is 0. The van der Waals surface area contributed by atoms with Gasteiger partial charge in [0.1, 0.15) is 5.58 Å². The molecule has 1 amide bonds. The van der Waals surface area contributed by atoms with Crippen LogP contribution in [0.25, 0.3) is 11.0 Å². The summed E-state index contributed by atoms with van der Waals surface area (Å²) in [6.07, 6.45) is 0. The van der Waals surface area contributed by atoms with E-state index in [1.165, 1.54) is 30.3 Å². The van der Waals surface area contributed by atoms with Crippen LogP contribution in [0.15, 0.2) is 68.7 Å². The van der Waals surface area contributed by atoms with Crippen LogP contribution in [0.5, 0.6) is 0 Å². The van der Waals surface area contributed by atoms with Gasteiger partial charge in [0.15, 0.2) is 12.0 Å². The van der Waals surface area contributed by atoms with Gasteiger partial charge in [-0.3, -0.25) is 9.59 Å². The number of hydrogen-bond donors (Lipinski definition) is 1. The molecule has 0 aliphatic rings. The van der Waals surface area contributed by atoms with E-state index < -0.39 is 29.7 Å². The molecular weight excluding hydrogens is 392 g/mol. The summed E-state index contributed by atoms with van der Waals surface area (Å²) in [5.41, 5.74) is 0.185. The average Bonchev–Trinajstić information content (AvgIpc) is 2.67. The Morgan fingerprint density at radius 1 is 1.11 bits per heavy atom. The first-order chi connectivity index (χ1) is 13.4. The van der Waals surface area contributed by atoms with Gasteiger partial charge in [-0.2, -0.15) is 8.78 Å². The second-order valence-electron chi connectivity index (χ2n) is 5.50. The molecule has 0 unspecified atom stereocenters. The summed E-state index contributed by atoms with van der Waals surface area (Å²) in [6, 6.07) is 13.2. The van der Waals surface area contributed by atoms with Crippen LogP contribution in [0.2, 0.25) is 0 Å². The summed E-state index contributed by atoms with van der Waals surface area (Å²) in [5, 5.41) is 2.79. The Balaban J connectivity index is 1.58. The molecule has 3 rings (SSSR count). The van der Waals surface area contributed by atoms with E-state index in [-0.39, 0.29) is 11.3 Å². The summed E-state index contributed by atoms with van der Waals surface area (Å²) in [4.78, 5) is 36.3. The van der Waals surface area contributed by atoms with Crippen molar-refractivity contribution in [1.29, 1.82) is 0 Å². The van der Waals surface area contributed by atoms with Crippen molar-refractivity contribution < 1.29 is 27.5 Å². The Kier molecular flexibility index (Phi) is 6.05. The van der Waals surface area contributed by atoms with Gasteiger partial charge in [-0.25, -0.2) is 4.79 Å². The molecule has 0 spiro atoms. The molecule has 0 bridgehead atoms. The number of ether oxygens (including phenoxy) is 1. The van der Waals surface area contributed by atoms with Gasteiger partial charge < -0.3 is 14.5 Å². The van der Waals surface area contributed by atoms with Crippen LogP contribution < -0.4 is 10.7 Å². The van der Waals surface area contributed by atoms with Crippen molar-refractivity contribution in [2.75, 3.05) is 11.9 Å². The number of carbonyl (C=O) groups excluding carboxylic acids is 2. The van der Waals surface area contributed by atoms with Crippen molar-refractivity contribution in [2.45, 2.75) is 10.7 Å². The van der Waals surface area contributed by atoms with Gasteiger partial charge in [-0.15, -0.1) is 0 Å². The van der Waals surface area contributed by atoms with E-state index in [0.717, 1.165) is 6.07 Å². The van der Waals surface area contributed by atoms with E-state index in [9.17, 15) is 23.2 Å². The van der Waals surface area contributed by atoms with E-state index in [0.29, 0.717) is 27.7 Å². The first kappa shape index (κ1) is 19.6. The lowest BCUT2D eigenvalue weighted by molar-refractivity contribution is -0.119. The monoisotopic (exact) mass is 405 g/mol. The van der Waals surface area contributed by atoms with Gasteiger partial charge in [0.25, 0.3) is 11.7 Å². The highest BCUT2D eigenvalue weighted by Crippen LogP contribution is 2.26. The maximum absolute atomic E-state index is 12.3. The quantitative estimate of drug-likeness (QED) is 0.495. The first-order valence-corrected chi connectivity index (χ1v) is 8.85. The zero-order chi connectivity index (χ0) is 20.1. The third kappa shape index (κ3) is 4.95. The highest BCUT2D eigenvalue weighted by Gasteiger charge is 2.15. The summed E-state index contributed by atoms with van der Waals surface area (Å²) < 4.78 is 34.7. The van der Waals surface area contributed by atoms with E-state index in [2.05, 4.69) is 5.32 Å². The number of nitrogens with one attached hydrogen (secondary N) is 1. The lowest BCUT2D eigenvalue weighted by Crippen LogP contribution is -2.21. The Labute approximate surface area is 161 Å². The van der Waals surface area contributed by atoms with Crippen LogP contribution in [0.3, 0.4) is 0 Å². The average molecular weight is 405 g/mol. The molecule has 1 heterocycles. The van der Waals surface area contributed by atoms with Crippen LogP contribution in [-0.2, 0) is 9.53 Å². The van der Waals surface area contributed by atoms with Gasteiger partial charge in [-0.1, -0.05) is 23.9 Å². The standard InChI is InChI=1S/C19H13F2NO5S/c20-19(21)28-12-7-5-11(6-8-12)22-17(24)10-26-18(25)16-9-14(23)13-3-1-2-4-15(13)27-16/h1-9,19H,10H2,(H,22,24). The molecule has 1 N–H and O–H groups in total. The molecule has 0 saturated carbocycles. The molecule has 0 aliphatic heterocycles. The minimum absolute atomic E-state index is 0.230. The van der Waals surface area contributed by atoms with Crippen molar-refractivity contribution >= 4 is 40.3 Å². The third-order valence-corrected chi connectivity index (χ3v) is 4.26. The van der Waals surface area contributed by atoms with Crippen molar-refractivity contribution in [3.05, 3.63) is 70.6 Å². The third-order valence-electron chi connectivity index (χ3n) is 3.53. The van der Waals surface area contributed by atoms with Crippen molar-refractivity contribution in [2.24, 2.45) is 0 Å². The summed E-state index contributed by atoms with van der Waals surface area (Å²) >= 11 is 0.388. The first-order valence-electron chi connectivity index (χ1n) is 7.97. The molecule has 28 heavy (non-hydrogen) atoms. The number of anilines is 1. The van der Waals surface area contributed by atoms with Crippen LogP contribution in [0.1, 0.15) is 10.6 Å². The second kappa shape index (κ2) is 8.66. The topological polar surface area (TPSA) is 85.6 Å². The number of benzene rings is 2. The Morgan fingerprint density at radius 2 is 1.82 bits per heavy atom. The van der Waals surface area contributed by atoms with Gasteiger partial charge in [0.05, 0.1) is 5.39 Å². The number of para-hydroxylation sites is 1. The van der Waals surface area contributed by atoms with Gasteiger partial charge in [0.2, 0.25) is 5.76 Å². The van der Waals surface area contributed by atoms with Crippen LogP contribution >= 0.6 is 11.8 Å². The highest BCUT2D eigenvalue weighted by atomic mass is 32.2. The smallest absolute Gasteiger partial charge is 0.374 e. The molecule has 0 aliphatic carbocycles. The molecule has 0 radical (unpaired) electrons. The number of carbonyl (C=O) groups is 2. The summed E-state index contributed by atoms with van der Waals surface area (Å²) in [6.45, 7) is -0.608. The van der Waals surface area contributed by atoms with Gasteiger partial charge in [0, 0.05) is 16.6 Å². The molecule has 0 saturated heterocycles. The summed E-state index contributed by atoms with van der Waals surface area (Å²) in [5.74, 6) is -4.44. The predicted molar refractivity (Wildman–Crippen MR) is 99.7 cm³/mol. The number of fused-ring (bicyclic) bond motifs is 1. The molecule has 9 heteroatoms. The lowest BCUT2D eigenvalue weighted by atomic mass is 10.2. The molecule has 1 aromatic heterocycles. The number of amides is 1. The molecule has 6 nitrogen and oxygen atoms in total. The zero-order valence-corrected chi connectivity index (χ0v) is 15.0. The second-order valence-corrected chi connectivity index (χ2v) is 6.56. The number of thioether (sulfide) groups is 1. The minimum Gasteiger partial charge on any atom is -0.450 e. The molecule has 0 fully saturated rings. The molecule has 144 valence electrons. The number of alkyl halides is 2. The largest absolute Gasteiger partial charge is 0.450 e. The zero-order valence-electron chi connectivity index (χ0n) is 14.2. The van der Waals surface area contributed by atoms with E-state index in [4.69, 9.17) is 9.15 Å². The Bertz CT molecular complexity index is 1070. The number of halogens is 2. The molecule has 0 atom stereocenters. The fourth-order valence-corrected chi connectivity index (χ4v) is 2.82. The minimum atomic E-state index is -2.53. The van der Waals surface area contributed by atoms with E-state index in [1.54, 1.807) is 18.2 Å². The van der Waals surface area contributed by atoms with Crippen molar-refractivity contribution in [3.63, 3.8) is 0 Å². The normalized spacial score (nSPS) is 10.8. The Hall–Kier alpha value is -3.20. The molecule has 2 aromatic carbocycles. The van der Waals surface area contributed by atoms with Gasteiger partial charge >= 0.3 is 5.97 Å². The predicted octanol–water partition coefficient (Wildman–Crippen LogP) is 3.90. The number of rotatable bonds is 6. The highest BCUT2D eigenvalue weighted by molar-refractivity contribution is 7.99. The van der Waals surface area contributed by atoms with Crippen LogP contribution in [0.4, 0.5) is 14.5 Å².